The molecule has 1 aliphatic heterocycles. The van der Waals surface area contributed by atoms with Crippen molar-refractivity contribution in [1.82, 2.24) is 15.6 Å². The Balaban J connectivity index is 1.03. The minimum absolute atomic E-state index is 0.0364. The SMILES string of the molecule is COC(=O)[C@H](Cc1ccccc1)NC(=O)NCc1ccc([C@H]2O[C@@H](CSc3nc(-c4ccccc4)c(-c4ccccc4)o3)C[C@@H](c3ccc(CO)cc3)O2)cc1. The summed E-state index contributed by atoms with van der Waals surface area (Å²) in [5.41, 5.74) is 7.11. The highest BCUT2D eigenvalue weighted by molar-refractivity contribution is 7.99. The van der Waals surface area contributed by atoms with Crippen molar-refractivity contribution in [2.45, 2.75) is 55.8 Å². The Labute approximate surface area is 330 Å². The van der Waals surface area contributed by atoms with E-state index in [0.29, 0.717) is 23.8 Å². The third-order valence-corrected chi connectivity index (χ3v) is 10.4. The van der Waals surface area contributed by atoms with E-state index in [9.17, 15) is 14.7 Å². The van der Waals surface area contributed by atoms with Gasteiger partial charge in [0, 0.05) is 41.8 Å². The number of oxazole rings is 1. The zero-order valence-corrected chi connectivity index (χ0v) is 31.7. The number of rotatable bonds is 14. The van der Waals surface area contributed by atoms with Crippen LogP contribution in [-0.4, -0.2) is 47.1 Å². The summed E-state index contributed by atoms with van der Waals surface area (Å²) in [6.45, 7) is 0.203. The maximum atomic E-state index is 12.8. The van der Waals surface area contributed by atoms with Crippen molar-refractivity contribution in [3.8, 4) is 22.6 Å². The van der Waals surface area contributed by atoms with Gasteiger partial charge in [-0.15, -0.1) is 0 Å². The first-order valence-corrected chi connectivity index (χ1v) is 19.4. The van der Waals surface area contributed by atoms with Crippen LogP contribution >= 0.6 is 11.8 Å². The Kier molecular flexibility index (Phi) is 12.9. The van der Waals surface area contributed by atoms with Gasteiger partial charge in [0.25, 0.3) is 5.22 Å². The molecule has 11 heteroatoms. The molecular weight excluding hydrogens is 727 g/mol. The summed E-state index contributed by atoms with van der Waals surface area (Å²) < 4.78 is 24.5. The Bertz CT molecular complexity index is 2110. The second-order valence-corrected chi connectivity index (χ2v) is 14.4. The second kappa shape index (κ2) is 18.7. The number of nitrogens with zero attached hydrogens (tertiary/aromatic N) is 1. The number of hydrogen-bond donors (Lipinski definition) is 3. The molecule has 1 fully saturated rings. The van der Waals surface area contributed by atoms with Gasteiger partial charge in [-0.2, -0.15) is 0 Å². The molecule has 0 radical (unpaired) electrons. The maximum Gasteiger partial charge on any atom is 0.328 e. The van der Waals surface area contributed by atoms with E-state index in [1.807, 2.05) is 140 Å². The lowest BCUT2D eigenvalue weighted by molar-refractivity contribution is -0.245. The van der Waals surface area contributed by atoms with Crippen molar-refractivity contribution >= 4 is 23.8 Å². The number of carbonyl (C=O) groups is 2. The van der Waals surface area contributed by atoms with E-state index in [-0.39, 0.29) is 25.4 Å². The first kappa shape index (κ1) is 38.6. The van der Waals surface area contributed by atoms with Crippen LogP contribution in [0.2, 0.25) is 0 Å². The number of benzene rings is 5. The molecule has 0 unspecified atom stereocenters. The van der Waals surface area contributed by atoms with Crippen LogP contribution in [0.15, 0.2) is 149 Å². The van der Waals surface area contributed by atoms with E-state index in [0.717, 1.165) is 50.4 Å². The number of esters is 1. The first-order chi connectivity index (χ1) is 27.4. The second-order valence-electron chi connectivity index (χ2n) is 13.4. The fraction of sp³-hybridized carbons (Fsp3) is 0.222. The Morgan fingerprint density at radius 3 is 2.07 bits per heavy atom. The summed E-state index contributed by atoms with van der Waals surface area (Å²) in [5.74, 6) is 0.770. The van der Waals surface area contributed by atoms with Gasteiger partial charge in [0.1, 0.15) is 11.7 Å². The van der Waals surface area contributed by atoms with E-state index in [4.69, 9.17) is 23.6 Å². The van der Waals surface area contributed by atoms with Gasteiger partial charge in [0.05, 0.1) is 25.9 Å². The standard InChI is InChI=1S/C45H43N3O7S/c1-52-42(50)38(25-30-11-5-2-6-12-30)47-44(51)46-27-31-17-23-36(24-18-31)43-53-37(26-39(54-43)33-21-19-32(28-49)20-22-33)29-56-45-48-40(34-13-7-3-8-14-34)41(55-45)35-15-9-4-10-16-35/h2-24,37-39,43,49H,25-29H2,1H3,(H2,46,47,51)/t37-,38+,39+,43+/m1/s1. The largest absolute Gasteiger partial charge is 0.467 e. The molecule has 6 aromatic rings. The molecule has 3 N–H and O–H groups in total. The molecule has 7 rings (SSSR count). The number of hydrogen-bond acceptors (Lipinski definition) is 9. The third-order valence-electron chi connectivity index (χ3n) is 9.48. The molecule has 0 bridgehead atoms. The lowest BCUT2D eigenvalue weighted by Crippen LogP contribution is -2.47. The number of ether oxygens (including phenoxy) is 3. The van der Waals surface area contributed by atoms with Gasteiger partial charge in [0.15, 0.2) is 12.1 Å². The number of amides is 2. The maximum absolute atomic E-state index is 12.8. The van der Waals surface area contributed by atoms with Crippen molar-refractivity contribution in [1.29, 1.82) is 0 Å². The number of aromatic nitrogens is 1. The van der Waals surface area contributed by atoms with E-state index >= 15 is 0 Å². The van der Waals surface area contributed by atoms with Crippen LogP contribution in [0, 0.1) is 0 Å². The van der Waals surface area contributed by atoms with Gasteiger partial charge in [0.2, 0.25) is 0 Å². The number of aliphatic hydroxyl groups is 1. The molecular formula is C45H43N3O7S. The van der Waals surface area contributed by atoms with Crippen molar-refractivity contribution < 1.29 is 33.3 Å². The van der Waals surface area contributed by atoms with E-state index in [1.165, 1.54) is 18.9 Å². The average Bonchev–Trinajstić information content (AvgIpc) is 3.70. The van der Waals surface area contributed by atoms with Crippen molar-refractivity contribution in [2.75, 3.05) is 12.9 Å². The number of aliphatic hydroxyl groups excluding tert-OH is 1. The summed E-state index contributed by atoms with van der Waals surface area (Å²) >= 11 is 1.50. The fourth-order valence-corrected chi connectivity index (χ4v) is 7.34. The molecule has 1 saturated heterocycles. The molecule has 5 aromatic carbocycles. The minimum atomic E-state index is -0.829. The van der Waals surface area contributed by atoms with Crippen LogP contribution in [0.5, 0.6) is 0 Å². The summed E-state index contributed by atoms with van der Waals surface area (Å²) in [5, 5.41) is 15.7. The smallest absolute Gasteiger partial charge is 0.328 e. The topological polar surface area (TPSA) is 132 Å². The van der Waals surface area contributed by atoms with Crippen molar-refractivity contribution in [3.63, 3.8) is 0 Å². The predicted molar refractivity (Wildman–Crippen MR) is 214 cm³/mol. The third kappa shape index (κ3) is 9.92. The number of carbonyl (C=O) groups excluding carboxylic acids is 2. The summed E-state index contributed by atoms with van der Waals surface area (Å²) in [7, 11) is 1.30. The van der Waals surface area contributed by atoms with Crippen LogP contribution in [0.3, 0.4) is 0 Å². The Morgan fingerprint density at radius 2 is 1.41 bits per heavy atom. The molecule has 1 aromatic heterocycles. The number of nitrogens with one attached hydrogen (secondary N) is 2. The molecule has 286 valence electrons. The molecule has 0 spiro atoms. The average molecular weight is 770 g/mol. The first-order valence-electron chi connectivity index (χ1n) is 18.5. The highest BCUT2D eigenvalue weighted by atomic mass is 32.2. The van der Waals surface area contributed by atoms with Crippen LogP contribution in [0.4, 0.5) is 4.79 Å². The molecule has 10 nitrogen and oxygen atoms in total. The van der Waals surface area contributed by atoms with Gasteiger partial charge in [-0.05, 0) is 22.3 Å². The van der Waals surface area contributed by atoms with Crippen LogP contribution < -0.4 is 10.6 Å². The molecule has 56 heavy (non-hydrogen) atoms. The molecule has 0 aliphatic carbocycles. The van der Waals surface area contributed by atoms with E-state index in [1.54, 1.807) is 0 Å². The minimum Gasteiger partial charge on any atom is -0.467 e. The van der Waals surface area contributed by atoms with Gasteiger partial charge in [-0.1, -0.05) is 151 Å². The highest BCUT2D eigenvalue weighted by Gasteiger charge is 2.33. The summed E-state index contributed by atoms with van der Waals surface area (Å²) in [6, 6.07) is 43.6. The van der Waals surface area contributed by atoms with Crippen molar-refractivity contribution in [2.24, 2.45) is 0 Å². The highest BCUT2D eigenvalue weighted by Crippen LogP contribution is 2.41. The zero-order chi connectivity index (χ0) is 38.7. The number of methoxy groups -OCH3 is 1. The number of thioether (sulfide) groups is 1. The monoisotopic (exact) mass is 769 g/mol. The van der Waals surface area contributed by atoms with E-state index in [2.05, 4.69) is 10.6 Å². The van der Waals surface area contributed by atoms with Crippen molar-refractivity contribution in [3.05, 3.63) is 167 Å². The lowest BCUT2D eigenvalue weighted by Gasteiger charge is -2.36. The van der Waals surface area contributed by atoms with Gasteiger partial charge in [-0.3, -0.25) is 0 Å². The van der Waals surface area contributed by atoms with Gasteiger partial charge < -0.3 is 34.4 Å². The normalized spacial score (nSPS) is 17.1. The molecule has 4 atom stereocenters. The van der Waals surface area contributed by atoms with Crippen LogP contribution in [-0.2, 0) is 38.6 Å². The fourth-order valence-electron chi connectivity index (χ4n) is 6.50. The van der Waals surface area contributed by atoms with Gasteiger partial charge in [-0.25, -0.2) is 14.6 Å². The quantitative estimate of drug-likeness (QED) is 0.0738. The molecule has 1 aliphatic rings. The summed E-state index contributed by atoms with van der Waals surface area (Å²) in [4.78, 5) is 30.2. The van der Waals surface area contributed by atoms with Crippen LogP contribution in [0.25, 0.3) is 22.6 Å². The predicted octanol–water partition coefficient (Wildman–Crippen LogP) is 8.42. The Morgan fingerprint density at radius 1 is 0.786 bits per heavy atom. The lowest BCUT2D eigenvalue weighted by atomic mass is 10.0. The van der Waals surface area contributed by atoms with Crippen LogP contribution in [0.1, 0.15) is 46.6 Å². The number of urea groups is 1. The zero-order valence-electron chi connectivity index (χ0n) is 30.9. The van der Waals surface area contributed by atoms with E-state index < -0.39 is 24.3 Å². The summed E-state index contributed by atoms with van der Waals surface area (Å²) in [6.07, 6.45) is -0.222. The molecule has 2 amide bonds. The molecule has 0 saturated carbocycles. The van der Waals surface area contributed by atoms with Gasteiger partial charge >= 0.3 is 12.0 Å². The molecule has 2 heterocycles. The Hall–Kier alpha value is -5.72.